The van der Waals surface area contributed by atoms with Crippen molar-refractivity contribution in [3.05, 3.63) is 23.8 Å². The first kappa shape index (κ1) is 22.4. The second-order valence-corrected chi connectivity index (χ2v) is 6.24. The molecule has 29 heavy (non-hydrogen) atoms. The molecule has 1 aliphatic rings. The molecule has 0 aliphatic carbocycles. The quantitative estimate of drug-likeness (QED) is 0.306. The van der Waals surface area contributed by atoms with Crippen molar-refractivity contribution >= 4 is 23.6 Å². The molecule has 1 aliphatic heterocycles. The lowest BCUT2D eigenvalue weighted by Crippen LogP contribution is -2.63. The van der Waals surface area contributed by atoms with Crippen molar-refractivity contribution in [2.24, 2.45) is 0 Å². The van der Waals surface area contributed by atoms with Crippen molar-refractivity contribution in [2.45, 2.75) is 51.2 Å². The van der Waals surface area contributed by atoms with Crippen molar-refractivity contribution in [1.29, 1.82) is 0 Å². The highest BCUT2D eigenvalue weighted by atomic mass is 16.7. The van der Waals surface area contributed by atoms with E-state index in [-0.39, 0.29) is 18.0 Å². The van der Waals surface area contributed by atoms with Gasteiger partial charge in [0.25, 0.3) is 0 Å². The van der Waals surface area contributed by atoms with E-state index in [0.717, 1.165) is 21.0 Å². The minimum atomic E-state index is -1.64. The Kier molecular flexibility index (Phi) is 7.37. The number of ether oxygens (including phenoxy) is 5. The summed E-state index contributed by atoms with van der Waals surface area (Å²) in [6.07, 6.45) is -7.64. The first-order chi connectivity index (χ1) is 13.7. The Morgan fingerprint density at radius 1 is 1.14 bits per heavy atom. The lowest BCUT2D eigenvalue weighted by Gasteiger charge is -2.41. The van der Waals surface area contributed by atoms with Crippen LogP contribution >= 0.6 is 0 Å². The predicted octanol–water partition coefficient (Wildman–Crippen LogP) is -0.738. The number of esters is 3. The highest BCUT2D eigenvalue weighted by Crippen LogP contribution is 2.31. The van der Waals surface area contributed by atoms with Crippen molar-refractivity contribution in [1.82, 2.24) is 0 Å². The van der Waals surface area contributed by atoms with Crippen LogP contribution in [0.3, 0.4) is 0 Å². The highest BCUT2D eigenvalue weighted by Gasteiger charge is 2.53. The van der Waals surface area contributed by atoms with Gasteiger partial charge >= 0.3 is 17.9 Å². The summed E-state index contributed by atoms with van der Waals surface area (Å²) in [6.45, 7) is 1.93. The zero-order valence-corrected chi connectivity index (χ0v) is 16.1. The molecule has 0 unspecified atom stereocenters. The molecule has 0 saturated carbocycles. The minimum absolute atomic E-state index is 0.0855. The fraction of sp³-hybridized carbons (Fsp3) is 0.500. The normalized spacial score (nSPS) is 26.3. The Hall–Kier alpha value is -2.89. The van der Waals surface area contributed by atoms with Crippen LogP contribution in [-0.2, 0) is 39.9 Å². The Balaban J connectivity index is 2.36. The van der Waals surface area contributed by atoms with Crippen LogP contribution in [0, 0.1) is 0 Å². The van der Waals surface area contributed by atoms with Gasteiger partial charge in [0.15, 0.2) is 24.4 Å². The first-order valence-corrected chi connectivity index (χ1v) is 8.59. The number of methoxy groups -OCH3 is 1. The number of rotatable bonds is 6. The molecule has 5 atom stereocenters. The maximum atomic E-state index is 12.2. The zero-order chi connectivity index (χ0) is 21.7. The van der Waals surface area contributed by atoms with Crippen LogP contribution in [0.25, 0.3) is 0 Å². The number of aliphatic hydroxyl groups excluding tert-OH is 2. The van der Waals surface area contributed by atoms with Crippen LogP contribution < -0.4 is 10.5 Å². The summed E-state index contributed by atoms with van der Waals surface area (Å²) in [5.41, 5.74) is 6.53. The van der Waals surface area contributed by atoms with Crippen LogP contribution in [0.5, 0.6) is 5.75 Å². The molecule has 0 spiro atoms. The van der Waals surface area contributed by atoms with Gasteiger partial charge in [0.05, 0.1) is 19.4 Å². The molecular weight excluding hydrogens is 390 g/mol. The van der Waals surface area contributed by atoms with Crippen LogP contribution in [0.2, 0.25) is 0 Å². The Morgan fingerprint density at radius 2 is 1.76 bits per heavy atom. The van der Waals surface area contributed by atoms with Crippen LogP contribution in [-0.4, -0.2) is 65.9 Å². The number of carbonyl (C=O) groups is 3. The molecule has 0 bridgehead atoms. The van der Waals surface area contributed by atoms with Gasteiger partial charge in [0.2, 0.25) is 6.29 Å². The molecule has 4 N–H and O–H groups in total. The summed E-state index contributed by atoms with van der Waals surface area (Å²) in [4.78, 5) is 35.1. The van der Waals surface area contributed by atoms with Crippen LogP contribution in [0.4, 0.5) is 5.69 Å². The fourth-order valence-electron chi connectivity index (χ4n) is 2.80. The smallest absolute Gasteiger partial charge is 0.339 e. The number of nitrogen functional groups attached to an aromatic ring is 1. The third kappa shape index (κ3) is 5.34. The fourth-order valence-corrected chi connectivity index (χ4v) is 2.80. The average Bonchev–Trinajstić information content (AvgIpc) is 2.66. The van der Waals surface area contributed by atoms with Gasteiger partial charge in [-0.15, -0.1) is 0 Å². The largest absolute Gasteiger partial charge is 0.467 e. The van der Waals surface area contributed by atoms with Crippen LogP contribution in [0.1, 0.15) is 19.4 Å². The van der Waals surface area contributed by atoms with E-state index in [2.05, 4.69) is 4.74 Å². The number of anilines is 1. The summed E-state index contributed by atoms with van der Waals surface area (Å²) >= 11 is 0. The molecule has 1 fully saturated rings. The molecule has 1 heterocycles. The van der Waals surface area contributed by atoms with Gasteiger partial charge in [0.1, 0.15) is 5.75 Å². The second kappa shape index (κ2) is 9.54. The van der Waals surface area contributed by atoms with Gasteiger partial charge in [-0.2, -0.15) is 0 Å². The SMILES string of the molecule is COC(=O)[C@H]1O[C@@H](Oc2ccc(CO)cc2N)[C@H](O)[C@@H](OC(C)=O)[C@@H]1OC(C)=O. The minimum Gasteiger partial charge on any atom is -0.467 e. The summed E-state index contributed by atoms with van der Waals surface area (Å²) in [5, 5.41) is 19.8. The molecule has 1 aromatic carbocycles. The van der Waals surface area contributed by atoms with Gasteiger partial charge in [-0.3, -0.25) is 9.59 Å². The summed E-state index contributed by atoms with van der Waals surface area (Å²) in [5.74, 6) is -2.43. The first-order valence-electron chi connectivity index (χ1n) is 8.59. The monoisotopic (exact) mass is 413 g/mol. The lowest BCUT2D eigenvalue weighted by molar-refractivity contribution is -0.278. The van der Waals surface area contributed by atoms with E-state index >= 15 is 0 Å². The summed E-state index contributed by atoms with van der Waals surface area (Å²) in [6, 6.07) is 4.42. The Bertz CT molecular complexity index is 767. The topological polar surface area (TPSA) is 164 Å². The van der Waals surface area contributed by atoms with E-state index in [4.69, 9.17) is 29.8 Å². The number of hydrogen-bond acceptors (Lipinski definition) is 11. The molecule has 1 aromatic rings. The maximum Gasteiger partial charge on any atom is 0.339 e. The van der Waals surface area contributed by atoms with Gasteiger partial charge in [0, 0.05) is 13.8 Å². The summed E-state index contributed by atoms with van der Waals surface area (Å²) < 4.78 is 25.8. The van der Waals surface area contributed by atoms with Gasteiger partial charge in [-0.05, 0) is 17.7 Å². The second-order valence-electron chi connectivity index (χ2n) is 6.24. The number of hydrogen-bond donors (Lipinski definition) is 3. The summed E-state index contributed by atoms with van der Waals surface area (Å²) in [7, 11) is 1.09. The van der Waals surface area contributed by atoms with Crippen molar-refractivity contribution in [3.63, 3.8) is 0 Å². The van der Waals surface area contributed by atoms with E-state index in [9.17, 15) is 19.5 Å². The molecule has 0 aromatic heterocycles. The van der Waals surface area contributed by atoms with Crippen molar-refractivity contribution in [3.8, 4) is 5.75 Å². The number of aliphatic hydroxyl groups is 2. The molecule has 1 saturated heterocycles. The lowest BCUT2D eigenvalue weighted by atomic mass is 9.98. The Morgan fingerprint density at radius 3 is 2.28 bits per heavy atom. The molecule has 160 valence electrons. The van der Waals surface area contributed by atoms with E-state index in [1.54, 1.807) is 0 Å². The third-order valence-electron chi connectivity index (χ3n) is 4.06. The van der Waals surface area contributed by atoms with Gasteiger partial charge in [-0.1, -0.05) is 6.07 Å². The average molecular weight is 413 g/mol. The van der Waals surface area contributed by atoms with Crippen LogP contribution in [0.15, 0.2) is 18.2 Å². The third-order valence-corrected chi connectivity index (χ3v) is 4.06. The zero-order valence-electron chi connectivity index (χ0n) is 16.1. The molecule has 0 amide bonds. The van der Waals surface area contributed by atoms with E-state index in [0.29, 0.717) is 5.56 Å². The van der Waals surface area contributed by atoms with E-state index < -0.39 is 48.6 Å². The molecular formula is C18H23NO10. The molecule has 0 radical (unpaired) electrons. The molecule has 11 heteroatoms. The molecule has 11 nitrogen and oxygen atoms in total. The van der Waals surface area contributed by atoms with Crippen molar-refractivity contribution < 1.29 is 48.3 Å². The molecule has 2 rings (SSSR count). The van der Waals surface area contributed by atoms with E-state index in [1.165, 1.54) is 18.2 Å². The number of benzene rings is 1. The maximum absolute atomic E-state index is 12.2. The standard InChI is InChI=1S/C18H23NO10/c1-8(21)26-14-13(23)18(28-12-5-4-10(7-20)6-11(12)19)29-16(17(24)25-3)15(14)27-9(2)22/h4-6,13-16,18,20,23H,7,19H2,1-3H3/t13-,14-,15+,16+,18-/m1/s1. The highest BCUT2D eigenvalue weighted by molar-refractivity contribution is 5.77. The Labute approximate surface area is 166 Å². The number of nitrogens with two attached hydrogens (primary N) is 1. The van der Waals surface area contributed by atoms with E-state index in [1.807, 2.05) is 0 Å². The van der Waals surface area contributed by atoms with Crippen molar-refractivity contribution in [2.75, 3.05) is 12.8 Å². The van der Waals surface area contributed by atoms with Gasteiger partial charge in [-0.25, -0.2) is 4.79 Å². The number of carbonyl (C=O) groups excluding carboxylic acids is 3. The predicted molar refractivity (Wildman–Crippen MR) is 95.2 cm³/mol. The van der Waals surface area contributed by atoms with Gasteiger partial charge < -0.3 is 39.6 Å².